The van der Waals surface area contributed by atoms with E-state index in [0.717, 1.165) is 48.2 Å². The number of aromatic nitrogens is 2. The molecule has 0 aliphatic carbocycles. The van der Waals surface area contributed by atoms with E-state index in [-0.39, 0.29) is 11.7 Å². The fraction of sp³-hybridized carbons (Fsp3) is 0.435. The predicted molar refractivity (Wildman–Crippen MR) is 131 cm³/mol. The number of anilines is 1. The van der Waals surface area contributed by atoms with E-state index in [9.17, 15) is 13.6 Å². The van der Waals surface area contributed by atoms with E-state index in [1.165, 1.54) is 35.0 Å². The maximum Gasteiger partial charge on any atom is 0.387 e. The van der Waals surface area contributed by atoms with Crippen molar-refractivity contribution >= 4 is 33.9 Å². The van der Waals surface area contributed by atoms with Crippen molar-refractivity contribution in [3.05, 3.63) is 46.6 Å². The lowest BCUT2D eigenvalue weighted by molar-refractivity contribution is -0.0498. The average molecular weight is 508 g/mol. The van der Waals surface area contributed by atoms with Crippen molar-refractivity contribution in [2.45, 2.75) is 32.9 Å². The molecule has 3 aromatic rings. The van der Waals surface area contributed by atoms with Gasteiger partial charge in [0.1, 0.15) is 11.6 Å². The Morgan fingerprint density at radius 1 is 1.24 bits per heavy atom. The maximum atomic E-state index is 12.9. The van der Waals surface area contributed by atoms with Crippen LogP contribution in [-0.2, 0) is 6.42 Å². The molecule has 7 nitrogen and oxygen atoms in total. The molecule has 0 saturated carbocycles. The summed E-state index contributed by atoms with van der Waals surface area (Å²) in [4.78, 5) is 23.8. The highest BCUT2D eigenvalue weighted by molar-refractivity contribution is 7.15. The summed E-state index contributed by atoms with van der Waals surface area (Å²) >= 11 is 2.59. The zero-order valence-electron chi connectivity index (χ0n) is 19.3. The zero-order chi connectivity index (χ0) is 24.2. The third-order valence-electron chi connectivity index (χ3n) is 5.83. The van der Waals surface area contributed by atoms with Crippen LogP contribution in [0.25, 0.3) is 10.4 Å². The van der Waals surface area contributed by atoms with Gasteiger partial charge in [-0.1, -0.05) is 12.1 Å². The monoisotopic (exact) mass is 507 g/mol. The Morgan fingerprint density at radius 3 is 2.74 bits per heavy atom. The van der Waals surface area contributed by atoms with Crippen LogP contribution in [0.1, 0.15) is 28.0 Å². The first-order valence-corrected chi connectivity index (χ1v) is 12.6. The molecule has 1 N–H and O–H groups in total. The largest absolute Gasteiger partial charge is 0.435 e. The minimum Gasteiger partial charge on any atom is -0.435 e. The first-order chi connectivity index (χ1) is 16.3. The molecule has 3 heterocycles. The Morgan fingerprint density at radius 2 is 2.00 bits per heavy atom. The SMILES string of the molecule is Cc1sc(-c2cccc(OC(F)F)c2)cc1C(=O)Nc1nc(CC(C)N2CCN(C)CC2)ns1. The van der Waals surface area contributed by atoms with Gasteiger partial charge in [0.15, 0.2) is 0 Å². The molecule has 1 aliphatic rings. The van der Waals surface area contributed by atoms with Crippen LogP contribution in [0.15, 0.2) is 30.3 Å². The van der Waals surface area contributed by atoms with E-state index in [2.05, 4.69) is 43.2 Å². The fourth-order valence-corrected chi connectivity index (χ4v) is 5.49. The summed E-state index contributed by atoms with van der Waals surface area (Å²) < 4.78 is 34.0. The quantitative estimate of drug-likeness (QED) is 0.480. The molecular weight excluding hydrogens is 480 g/mol. The smallest absolute Gasteiger partial charge is 0.387 e. The Labute approximate surface area is 205 Å². The molecule has 2 aromatic heterocycles. The number of likely N-dealkylation sites (N-methyl/N-ethyl adjacent to an activating group) is 1. The molecule has 1 aliphatic heterocycles. The lowest BCUT2D eigenvalue weighted by Gasteiger charge is -2.36. The van der Waals surface area contributed by atoms with Crippen molar-refractivity contribution in [3.8, 4) is 16.2 Å². The molecule has 1 saturated heterocycles. The second-order valence-electron chi connectivity index (χ2n) is 8.35. The molecule has 0 radical (unpaired) electrons. The predicted octanol–water partition coefficient (Wildman–Crippen LogP) is 4.61. The Hall–Kier alpha value is -2.47. The number of carbonyl (C=O) groups excluding carboxylic acids is 1. The van der Waals surface area contributed by atoms with Gasteiger partial charge in [0.2, 0.25) is 5.13 Å². The highest BCUT2D eigenvalue weighted by atomic mass is 32.1. The maximum absolute atomic E-state index is 12.9. The second-order valence-corrected chi connectivity index (χ2v) is 10.4. The minimum atomic E-state index is -2.89. The highest BCUT2D eigenvalue weighted by Crippen LogP contribution is 2.33. The Kier molecular flexibility index (Phi) is 7.87. The van der Waals surface area contributed by atoms with Crippen molar-refractivity contribution in [1.29, 1.82) is 0 Å². The number of alkyl halides is 2. The second kappa shape index (κ2) is 10.9. The third-order valence-corrected chi connectivity index (χ3v) is 7.60. The van der Waals surface area contributed by atoms with E-state index < -0.39 is 6.61 Å². The van der Waals surface area contributed by atoms with Crippen LogP contribution < -0.4 is 10.1 Å². The van der Waals surface area contributed by atoms with E-state index in [0.29, 0.717) is 22.3 Å². The van der Waals surface area contributed by atoms with Gasteiger partial charge >= 0.3 is 6.61 Å². The molecule has 1 atom stereocenters. The summed E-state index contributed by atoms with van der Waals surface area (Å²) in [5, 5.41) is 3.31. The van der Waals surface area contributed by atoms with Crippen LogP contribution >= 0.6 is 22.9 Å². The summed E-state index contributed by atoms with van der Waals surface area (Å²) in [5.41, 5.74) is 1.23. The molecule has 11 heteroatoms. The molecule has 1 fully saturated rings. The van der Waals surface area contributed by atoms with Crippen molar-refractivity contribution < 1.29 is 18.3 Å². The van der Waals surface area contributed by atoms with Crippen LogP contribution in [0.4, 0.5) is 13.9 Å². The number of nitrogens with zero attached hydrogens (tertiary/aromatic N) is 4. The van der Waals surface area contributed by atoms with Gasteiger partial charge < -0.3 is 9.64 Å². The molecule has 1 aromatic carbocycles. The summed E-state index contributed by atoms with van der Waals surface area (Å²) in [5.74, 6) is 0.539. The van der Waals surface area contributed by atoms with Crippen molar-refractivity contribution in [3.63, 3.8) is 0 Å². The Balaban J connectivity index is 1.39. The number of hydrogen-bond donors (Lipinski definition) is 1. The molecule has 1 amide bonds. The number of aryl methyl sites for hydroxylation is 1. The lowest BCUT2D eigenvalue weighted by Crippen LogP contribution is -2.48. The number of carbonyl (C=O) groups is 1. The van der Waals surface area contributed by atoms with Crippen molar-refractivity contribution in [2.75, 3.05) is 38.5 Å². The first kappa shape index (κ1) is 24.6. The number of benzene rings is 1. The van der Waals surface area contributed by atoms with E-state index in [4.69, 9.17) is 0 Å². The number of amides is 1. The van der Waals surface area contributed by atoms with Gasteiger partial charge in [-0.15, -0.1) is 11.3 Å². The number of halogens is 2. The molecule has 182 valence electrons. The number of thiophene rings is 1. The minimum absolute atomic E-state index is 0.0803. The molecular formula is C23H27F2N5O2S2. The normalized spacial score (nSPS) is 16.1. The number of nitrogens with one attached hydrogen (secondary N) is 1. The standard InChI is InChI=1S/C23H27F2N5O2S2/c1-14(30-9-7-29(3)8-10-30)11-20-26-23(34-28-20)27-21(31)18-13-19(33-15(18)2)16-5-4-6-17(12-16)32-22(24)25/h4-6,12-14,22H,7-11H2,1-3H3,(H,26,27,28,31). The van der Waals surface area contributed by atoms with Gasteiger partial charge in [-0.25, -0.2) is 4.98 Å². The van der Waals surface area contributed by atoms with Crippen LogP contribution in [0.5, 0.6) is 5.75 Å². The fourth-order valence-electron chi connectivity index (χ4n) is 3.88. The van der Waals surface area contributed by atoms with Crippen molar-refractivity contribution in [2.24, 2.45) is 0 Å². The van der Waals surface area contributed by atoms with Crippen LogP contribution in [0.2, 0.25) is 0 Å². The molecule has 4 rings (SSSR count). The summed E-state index contributed by atoms with van der Waals surface area (Å²) in [7, 11) is 2.13. The van der Waals surface area contributed by atoms with Gasteiger partial charge in [0.05, 0.1) is 5.56 Å². The zero-order valence-corrected chi connectivity index (χ0v) is 20.9. The third kappa shape index (κ3) is 6.15. The summed E-state index contributed by atoms with van der Waals surface area (Å²) in [6, 6.07) is 8.54. The van der Waals surface area contributed by atoms with E-state index >= 15 is 0 Å². The molecule has 0 bridgehead atoms. The highest BCUT2D eigenvalue weighted by Gasteiger charge is 2.21. The Bertz CT molecular complexity index is 1130. The van der Waals surface area contributed by atoms with Gasteiger partial charge in [-0.2, -0.15) is 13.2 Å². The number of ether oxygens (including phenoxy) is 1. The van der Waals surface area contributed by atoms with Gasteiger partial charge in [0, 0.05) is 59.9 Å². The van der Waals surface area contributed by atoms with Crippen LogP contribution in [-0.4, -0.2) is 70.9 Å². The molecule has 1 unspecified atom stereocenters. The van der Waals surface area contributed by atoms with E-state index in [1.807, 2.05) is 6.92 Å². The van der Waals surface area contributed by atoms with Crippen LogP contribution in [0.3, 0.4) is 0 Å². The van der Waals surface area contributed by atoms with E-state index in [1.54, 1.807) is 18.2 Å². The van der Waals surface area contributed by atoms with Gasteiger partial charge in [-0.3, -0.25) is 15.0 Å². The first-order valence-electron chi connectivity index (χ1n) is 11.0. The topological polar surface area (TPSA) is 70.6 Å². The average Bonchev–Trinajstić information content (AvgIpc) is 3.40. The summed E-state index contributed by atoms with van der Waals surface area (Å²) in [6.07, 6.45) is 0.731. The number of piperazine rings is 1. The number of rotatable bonds is 8. The molecule has 0 spiro atoms. The van der Waals surface area contributed by atoms with Crippen LogP contribution in [0, 0.1) is 6.92 Å². The van der Waals surface area contributed by atoms with Gasteiger partial charge in [-0.05, 0) is 44.7 Å². The van der Waals surface area contributed by atoms with Gasteiger partial charge in [0.25, 0.3) is 5.91 Å². The van der Waals surface area contributed by atoms with Crippen molar-refractivity contribution in [1.82, 2.24) is 19.2 Å². The summed E-state index contributed by atoms with van der Waals surface area (Å²) in [6.45, 7) is 5.32. The number of hydrogen-bond acceptors (Lipinski definition) is 8. The molecule has 34 heavy (non-hydrogen) atoms. The lowest BCUT2D eigenvalue weighted by atomic mass is 10.1.